The summed E-state index contributed by atoms with van der Waals surface area (Å²) in [4.78, 5) is 18.4. The second kappa shape index (κ2) is 6.47. The van der Waals surface area contributed by atoms with Crippen LogP contribution in [0, 0.1) is 6.92 Å². The molecule has 1 rings (SSSR count). The monoisotopic (exact) mass is 198 g/mol. The molecule has 0 spiro atoms. The molecule has 0 aliphatic carbocycles. The maximum Gasteiger partial charge on any atom is 0.516 e. The molecule has 0 heterocycles. The first kappa shape index (κ1) is 12.0. The third-order valence-electron chi connectivity index (χ3n) is 1.12. The molecule has 0 unspecified atom stereocenters. The van der Waals surface area contributed by atoms with E-state index < -0.39 is 12.3 Å². The zero-order chi connectivity index (χ0) is 11.0. The predicted octanol–water partition coefficient (Wildman–Crippen LogP) is 2.35. The van der Waals surface area contributed by atoms with Crippen molar-refractivity contribution < 1.29 is 24.5 Å². The fraction of sp³-hybridized carbons (Fsp3) is 0.111. The number of hydrogen-bond acceptors (Lipinski definition) is 3. The Balaban J connectivity index is 0.000000241. The predicted molar refractivity (Wildman–Crippen MR) is 48.3 cm³/mol. The minimum absolute atomic E-state index is 1.32. The molecule has 5 heteroatoms. The van der Waals surface area contributed by atoms with Gasteiger partial charge in [-0.15, -0.1) is 0 Å². The quantitative estimate of drug-likeness (QED) is 0.493. The molecule has 0 atom stereocenters. The summed E-state index contributed by atoms with van der Waals surface area (Å²) in [5, 5.41) is 15.0. The minimum Gasteiger partial charge on any atom is -0.449 e. The van der Waals surface area contributed by atoms with Crippen LogP contribution < -0.4 is 0 Å². The number of carbonyl (C=O) groups is 2. The molecule has 0 bridgehead atoms. The second-order valence-electron chi connectivity index (χ2n) is 2.29. The van der Waals surface area contributed by atoms with Crippen molar-refractivity contribution >= 4 is 12.3 Å². The van der Waals surface area contributed by atoms with E-state index in [2.05, 4.69) is 23.8 Å². The molecule has 0 amide bonds. The third-order valence-corrected chi connectivity index (χ3v) is 1.12. The lowest BCUT2D eigenvalue weighted by molar-refractivity contribution is 0.0802. The van der Waals surface area contributed by atoms with Crippen molar-refractivity contribution in [2.75, 3.05) is 0 Å². The maximum atomic E-state index is 9.21. The molecular formula is C9H10O5. The van der Waals surface area contributed by atoms with Gasteiger partial charge in [0.1, 0.15) is 0 Å². The Labute approximate surface area is 80.6 Å². The molecular weight excluding hydrogens is 188 g/mol. The number of hydrogen-bond donors (Lipinski definition) is 2. The number of carboxylic acid groups (broad SMARTS) is 2. The number of benzene rings is 1. The van der Waals surface area contributed by atoms with Gasteiger partial charge in [-0.25, -0.2) is 9.59 Å². The van der Waals surface area contributed by atoms with Gasteiger partial charge in [-0.2, -0.15) is 0 Å². The zero-order valence-corrected chi connectivity index (χ0v) is 7.51. The standard InChI is InChI=1S/C7H8.C2H2O5/c1-7-5-3-2-4-6-7;3-1(4)7-2(5)6/h2-6H,1H3;(H,3,4)(H,5,6). The van der Waals surface area contributed by atoms with Crippen LogP contribution in [-0.2, 0) is 4.74 Å². The van der Waals surface area contributed by atoms with Gasteiger partial charge in [-0.1, -0.05) is 35.9 Å². The van der Waals surface area contributed by atoms with E-state index in [-0.39, 0.29) is 0 Å². The van der Waals surface area contributed by atoms with E-state index in [0.717, 1.165) is 0 Å². The smallest absolute Gasteiger partial charge is 0.449 e. The summed E-state index contributed by atoms with van der Waals surface area (Å²) < 4.78 is 3.08. The van der Waals surface area contributed by atoms with Crippen LogP contribution >= 0.6 is 0 Å². The van der Waals surface area contributed by atoms with Crippen molar-refractivity contribution in [3.8, 4) is 0 Å². The highest BCUT2D eigenvalue weighted by atomic mass is 16.7. The maximum absolute atomic E-state index is 9.21. The molecule has 0 saturated carbocycles. The number of aryl methyl sites for hydroxylation is 1. The Bertz CT molecular complexity index is 281. The number of ether oxygens (including phenoxy) is 1. The highest BCUT2D eigenvalue weighted by Crippen LogP contribution is 1.92. The van der Waals surface area contributed by atoms with Crippen LogP contribution in [0.2, 0.25) is 0 Å². The molecule has 76 valence electrons. The van der Waals surface area contributed by atoms with E-state index in [9.17, 15) is 9.59 Å². The summed E-state index contributed by atoms with van der Waals surface area (Å²) in [6.45, 7) is 2.08. The fourth-order valence-corrected chi connectivity index (χ4v) is 0.609. The van der Waals surface area contributed by atoms with Gasteiger partial charge in [-0.3, -0.25) is 0 Å². The van der Waals surface area contributed by atoms with Gasteiger partial charge in [0.25, 0.3) is 0 Å². The average Bonchev–Trinajstić information content (AvgIpc) is 2.03. The van der Waals surface area contributed by atoms with Crippen LogP contribution in [-0.4, -0.2) is 22.5 Å². The summed E-state index contributed by atoms with van der Waals surface area (Å²) in [6, 6.07) is 10.3. The van der Waals surface area contributed by atoms with E-state index in [1.165, 1.54) is 5.56 Å². The largest absolute Gasteiger partial charge is 0.516 e. The van der Waals surface area contributed by atoms with E-state index in [1.807, 2.05) is 18.2 Å². The van der Waals surface area contributed by atoms with Crippen molar-refractivity contribution in [2.24, 2.45) is 0 Å². The molecule has 0 aromatic heterocycles. The van der Waals surface area contributed by atoms with Crippen LogP contribution in [0.15, 0.2) is 30.3 Å². The van der Waals surface area contributed by atoms with Crippen LogP contribution in [0.1, 0.15) is 5.56 Å². The SMILES string of the molecule is Cc1ccccc1.O=C(O)OC(=O)O. The van der Waals surface area contributed by atoms with Gasteiger partial charge in [-0.05, 0) is 6.92 Å². The van der Waals surface area contributed by atoms with Gasteiger partial charge in [0, 0.05) is 0 Å². The van der Waals surface area contributed by atoms with Gasteiger partial charge < -0.3 is 14.9 Å². The van der Waals surface area contributed by atoms with E-state index >= 15 is 0 Å². The summed E-state index contributed by atoms with van der Waals surface area (Å²) in [5.41, 5.74) is 1.32. The Morgan fingerprint density at radius 3 is 1.64 bits per heavy atom. The van der Waals surface area contributed by atoms with Crippen LogP contribution in [0.5, 0.6) is 0 Å². The average molecular weight is 198 g/mol. The lowest BCUT2D eigenvalue weighted by Crippen LogP contribution is -2.05. The zero-order valence-electron chi connectivity index (χ0n) is 7.51. The fourth-order valence-electron chi connectivity index (χ4n) is 0.609. The van der Waals surface area contributed by atoms with Crippen molar-refractivity contribution in [3.63, 3.8) is 0 Å². The van der Waals surface area contributed by atoms with Crippen LogP contribution in [0.3, 0.4) is 0 Å². The van der Waals surface area contributed by atoms with E-state index in [1.54, 1.807) is 0 Å². The second-order valence-corrected chi connectivity index (χ2v) is 2.29. The Hall–Kier alpha value is -2.04. The molecule has 0 saturated heterocycles. The molecule has 0 aliphatic rings. The van der Waals surface area contributed by atoms with Crippen molar-refractivity contribution in [1.29, 1.82) is 0 Å². The summed E-state index contributed by atoms with van der Waals surface area (Å²) in [6.07, 6.45) is -3.62. The lowest BCUT2D eigenvalue weighted by atomic mass is 10.2. The molecule has 0 fully saturated rings. The van der Waals surface area contributed by atoms with Crippen molar-refractivity contribution in [2.45, 2.75) is 6.92 Å². The molecule has 1 aromatic rings. The summed E-state index contributed by atoms with van der Waals surface area (Å²) in [7, 11) is 0. The lowest BCUT2D eigenvalue weighted by Gasteiger charge is -1.84. The van der Waals surface area contributed by atoms with E-state index in [0.29, 0.717) is 0 Å². The van der Waals surface area contributed by atoms with Crippen LogP contribution in [0.25, 0.3) is 0 Å². The topological polar surface area (TPSA) is 83.8 Å². The van der Waals surface area contributed by atoms with Gasteiger partial charge in [0.15, 0.2) is 0 Å². The third kappa shape index (κ3) is 8.06. The van der Waals surface area contributed by atoms with Gasteiger partial charge in [0.05, 0.1) is 0 Å². The summed E-state index contributed by atoms with van der Waals surface area (Å²) >= 11 is 0. The van der Waals surface area contributed by atoms with E-state index in [4.69, 9.17) is 10.2 Å². The molecule has 1 aromatic carbocycles. The Kier molecular flexibility index (Phi) is 5.53. The van der Waals surface area contributed by atoms with Gasteiger partial charge in [0.2, 0.25) is 0 Å². The molecule has 0 radical (unpaired) electrons. The number of rotatable bonds is 0. The van der Waals surface area contributed by atoms with Crippen LogP contribution in [0.4, 0.5) is 9.59 Å². The summed E-state index contributed by atoms with van der Waals surface area (Å²) in [5.74, 6) is 0. The highest BCUT2D eigenvalue weighted by Gasteiger charge is 2.01. The molecule has 14 heavy (non-hydrogen) atoms. The first-order chi connectivity index (χ1) is 6.52. The molecule has 5 nitrogen and oxygen atoms in total. The molecule has 2 N–H and O–H groups in total. The van der Waals surface area contributed by atoms with Crippen molar-refractivity contribution in [1.82, 2.24) is 0 Å². The first-order valence-electron chi connectivity index (χ1n) is 3.67. The Morgan fingerprint density at radius 1 is 1.07 bits per heavy atom. The Morgan fingerprint density at radius 2 is 1.50 bits per heavy atom. The van der Waals surface area contributed by atoms with Crippen molar-refractivity contribution in [3.05, 3.63) is 35.9 Å². The minimum atomic E-state index is -1.81. The highest BCUT2D eigenvalue weighted by molar-refractivity contribution is 5.74. The molecule has 0 aliphatic heterocycles. The normalized spacial score (nSPS) is 8.07. The van der Waals surface area contributed by atoms with Gasteiger partial charge >= 0.3 is 12.3 Å². The first-order valence-corrected chi connectivity index (χ1v) is 3.67.